The monoisotopic (exact) mass is 438 g/mol. The third-order valence-corrected chi connectivity index (χ3v) is 6.38. The molecule has 0 fully saturated rings. The van der Waals surface area contributed by atoms with Gasteiger partial charge in [0, 0.05) is 17.3 Å². The zero-order valence-corrected chi connectivity index (χ0v) is 18.7. The standard InChI is InChI=1S/C23H26N4O3S/c1-4-5-13-30-21-16(9-8-10-17(21)29-3)22-20-15(2)26-27(18-11-6-7-12-24-18)23(20)25-19(28)14-31-22/h6-12,22H,4-5,13-14H2,1-3H3,(H,25,28). The number of hydrogen-bond donors (Lipinski definition) is 1. The van der Waals surface area contributed by atoms with Crippen LogP contribution in [0.15, 0.2) is 42.6 Å². The summed E-state index contributed by atoms with van der Waals surface area (Å²) in [4.78, 5) is 17.0. The molecule has 0 saturated carbocycles. The van der Waals surface area contributed by atoms with E-state index in [2.05, 4.69) is 17.2 Å². The van der Waals surface area contributed by atoms with Crippen molar-refractivity contribution in [3.63, 3.8) is 0 Å². The maximum Gasteiger partial charge on any atom is 0.235 e. The summed E-state index contributed by atoms with van der Waals surface area (Å²) in [6.07, 6.45) is 3.71. The van der Waals surface area contributed by atoms with Crippen LogP contribution in [0.4, 0.5) is 5.82 Å². The summed E-state index contributed by atoms with van der Waals surface area (Å²) < 4.78 is 13.5. The second-order valence-corrected chi connectivity index (χ2v) is 8.36. The van der Waals surface area contributed by atoms with E-state index in [9.17, 15) is 4.79 Å². The molecule has 162 valence electrons. The van der Waals surface area contributed by atoms with Gasteiger partial charge in [-0.2, -0.15) is 9.78 Å². The number of methoxy groups -OCH3 is 1. The van der Waals surface area contributed by atoms with Crippen LogP contribution in [0.1, 0.15) is 41.8 Å². The summed E-state index contributed by atoms with van der Waals surface area (Å²) in [5, 5.41) is 7.61. The highest BCUT2D eigenvalue weighted by Gasteiger charge is 2.33. The van der Waals surface area contributed by atoms with Gasteiger partial charge in [-0.15, -0.1) is 11.8 Å². The lowest BCUT2D eigenvalue weighted by molar-refractivity contribution is -0.113. The number of thioether (sulfide) groups is 1. The van der Waals surface area contributed by atoms with Crippen molar-refractivity contribution < 1.29 is 14.3 Å². The fraction of sp³-hybridized carbons (Fsp3) is 0.348. The van der Waals surface area contributed by atoms with Crippen LogP contribution in [0.2, 0.25) is 0 Å². The number of carbonyl (C=O) groups is 1. The molecule has 3 aromatic rings. The molecule has 4 rings (SSSR count). The summed E-state index contributed by atoms with van der Waals surface area (Å²) >= 11 is 1.56. The molecule has 1 aromatic carbocycles. The molecule has 1 amide bonds. The van der Waals surface area contributed by atoms with Gasteiger partial charge in [0.1, 0.15) is 5.82 Å². The van der Waals surface area contributed by atoms with Gasteiger partial charge in [-0.05, 0) is 31.5 Å². The number of ether oxygens (including phenoxy) is 2. The molecule has 0 saturated heterocycles. The molecule has 0 radical (unpaired) electrons. The fourth-order valence-electron chi connectivity index (χ4n) is 3.65. The van der Waals surface area contributed by atoms with Crippen molar-refractivity contribution in [2.45, 2.75) is 31.9 Å². The molecule has 1 aliphatic rings. The molecular weight excluding hydrogens is 412 g/mol. The zero-order valence-electron chi connectivity index (χ0n) is 17.9. The van der Waals surface area contributed by atoms with Gasteiger partial charge in [-0.3, -0.25) is 4.79 Å². The summed E-state index contributed by atoms with van der Waals surface area (Å²) in [6, 6.07) is 11.5. The van der Waals surface area contributed by atoms with Gasteiger partial charge in [0.05, 0.1) is 30.4 Å². The zero-order chi connectivity index (χ0) is 21.8. The number of para-hydroxylation sites is 1. The first-order valence-electron chi connectivity index (χ1n) is 10.4. The first-order chi connectivity index (χ1) is 15.1. The van der Waals surface area contributed by atoms with E-state index in [4.69, 9.17) is 14.6 Å². The Morgan fingerprint density at radius 2 is 2.13 bits per heavy atom. The van der Waals surface area contributed by atoms with Crippen LogP contribution in [-0.2, 0) is 4.79 Å². The van der Waals surface area contributed by atoms with Crippen LogP contribution in [0, 0.1) is 6.92 Å². The van der Waals surface area contributed by atoms with Crippen molar-refractivity contribution in [1.82, 2.24) is 14.8 Å². The highest BCUT2D eigenvalue weighted by Crippen LogP contribution is 2.48. The predicted octanol–water partition coefficient (Wildman–Crippen LogP) is 4.54. The van der Waals surface area contributed by atoms with Crippen molar-refractivity contribution in [3.05, 3.63) is 59.4 Å². The molecule has 0 spiro atoms. The minimum absolute atomic E-state index is 0.0674. The van der Waals surface area contributed by atoms with Crippen LogP contribution in [0.5, 0.6) is 11.5 Å². The highest BCUT2D eigenvalue weighted by atomic mass is 32.2. The average molecular weight is 439 g/mol. The third kappa shape index (κ3) is 4.25. The van der Waals surface area contributed by atoms with E-state index in [1.54, 1.807) is 29.8 Å². The lowest BCUT2D eigenvalue weighted by atomic mass is 10.0. The number of unbranched alkanes of at least 4 members (excludes halogenated alkanes) is 1. The van der Waals surface area contributed by atoms with Crippen molar-refractivity contribution in [1.29, 1.82) is 0 Å². The van der Waals surface area contributed by atoms with Crippen LogP contribution < -0.4 is 14.8 Å². The van der Waals surface area contributed by atoms with Crippen LogP contribution in [0.3, 0.4) is 0 Å². The molecule has 1 N–H and O–H groups in total. The van der Waals surface area contributed by atoms with Gasteiger partial charge in [0.15, 0.2) is 17.3 Å². The Labute approximate surface area is 186 Å². The quantitative estimate of drug-likeness (QED) is 0.546. The topological polar surface area (TPSA) is 78.3 Å². The maximum absolute atomic E-state index is 12.6. The molecular formula is C23H26N4O3S. The van der Waals surface area contributed by atoms with Crippen molar-refractivity contribution in [2.75, 3.05) is 24.8 Å². The number of benzene rings is 1. The van der Waals surface area contributed by atoms with Crippen molar-refractivity contribution in [3.8, 4) is 17.3 Å². The second-order valence-electron chi connectivity index (χ2n) is 7.27. The van der Waals surface area contributed by atoms with E-state index in [0.29, 0.717) is 29.7 Å². The summed E-state index contributed by atoms with van der Waals surface area (Å²) in [5.41, 5.74) is 2.76. The summed E-state index contributed by atoms with van der Waals surface area (Å²) in [7, 11) is 1.65. The van der Waals surface area contributed by atoms with E-state index in [0.717, 1.165) is 35.4 Å². The normalized spacial score (nSPS) is 15.7. The molecule has 8 heteroatoms. The molecule has 3 heterocycles. The van der Waals surface area contributed by atoms with Crippen LogP contribution in [0.25, 0.3) is 5.82 Å². The number of amides is 1. The van der Waals surface area contributed by atoms with E-state index >= 15 is 0 Å². The third-order valence-electron chi connectivity index (χ3n) is 5.13. The molecule has 31 heavy (non-hydrogen) atoms. The van der Waals surface area contributed by atoms with E-state index in [-0.39, 0.29) is 11.2 Å². The molecule has 1 atom stereocenters. The summed E-state index contributed by atoms with van der Waals surface area (Å²) in [5.74, 6) is 2.98. The van der Waals surface area contributed by atoms with E-state index < -0.39 is 0 Å². The largest absolute Gasteiger partial charge is 0.493 e. The smallest absolute Gasteiger partial charge is 0.235 e. The molecule has 0 bridgehead atoms. The Balaban J connectivity index is 1.85. The van der Waals surface area contributed by atoms with E-state index in [1.165, 1.54) is 0 Å². The Morgan fingerprint density at radius 1 is 1.26 bits per heavy atom. The highest BCUT2D eigenvalue weighted by molar-refractivity contribution is 8.00. The number of anilines is 1. The first-order valence-corrected chi connectivity index (χ1v) is 11.4. The molecule has 1 aliphatic heterocycles. The number of aryl methyl sites for hydroxylation is 1. The lowest BCUT2D eigenvalue weighted by Gasteiger charge is -2.21. The fourth-order valence-corrected chi connectivity index (χ4v) is 4.85. The van der Waals surface area contributed by atoms with E-state index in [1.807, 2.05) is 43.3 Å². The maximum atomic E-state index is 12.6. The minimum atomic E-state index is -0.141. The average Bonchev–Trinajstić information content (AvgIpc) is 2.99. The Bertz CT molecular complexity index is 1070. The Morgan fingerprint density at radius 3 is 2.87 bits per heavy atom. The van der Waals surface area contributed by atoms with Crippen molar-refractivity contribution >= 4 is 23.5 Å². The molecule has 2 aromatic heterocycles. The Kier molecular flexibility index (Phi) is 6.46. The van der Waals surface area contributed by atoms with Gasteiger partial charge in [-0.1, -0.05) is 31.5 Å². The first kappa shape index (κ1) is 21.2. The number of hydrogen-bond acceptors (Lipinski definition) is 6. The van der Waals surface area contributed by atoms with Gasteiger partial charge in [0.25, 0.3) is 0 Å². The molecule has 1 unspecified atom stereocenters. The van der Waals surface area contributed by atoms with Crippen molar-refractivity contribution in [2.24, 2.45) is 0 Å². The number of fused-ring (bicyclic) bond motifs is 1. The minimum Gasteiger partial charge on any atom is -0.493 e. The molecule has 7 nitrogen and oxygen atoms in total. The summed E-state index contributed by atoms with van der Waals surface area (Å²) in [6.45, 7) is 4.70. The van der Waals surface area contributed by atoms with Crippen LogP contribution >= 0.6 is 11.8 Å². The number of rotatable bonds is 7. The lowest BCUT2D eigenvalue weighted by Crippen LogP contribution is -2.16. The number of nitrogens with one attached hydrogen (secondary N) is 1. The number of nitrogens with zero attached hydrogens (tertiary/aromatic N) is 3. The van der Waals surface area contributed by atoms with Gasteiger partial charge in [0.2, 0.25) is 5.91 Å². The van der Waals surface area contributed by atoms with Crippen LogP contribution in [-0.4, -0.2) is 40.1 Å². The Hall–Kier alpha value is -3.00. The van der Waals surface area contributed by atoms with Gasteiger partial charge in [-0.25, -0.2) is 4.98 Å². The number of carbonyl (C=O) groups excluding carboxylic acids is 1. The van der Waals surface area contributed by atoms with Gasteiger partial charge >= 0.3 is 0 Å². The molecule has 0 aliphatic carbocycles. The second kappa shape index (κ2) is 9.43. The van der Waals surface area contributed by atoms with Gasteiger partial charge < -0.3 is 14.8 Å². The SMILES string of the molecule is CCCCOc1c(OC)cccc1C1SCC(=O)Nc2c1c(C)nn2-c1ccccn1. The number of pyridine rings is 1. The number of aromatic nitrogens is 3. The predicted molar refractivity (Wildman–Crippen MR) is 122 cm³/mol.